The first-order valence-corrected chi connectivity index (χ1v) is 6.57. The normalized spacial score (nSPS) is 40.4. The summed E-state index contributed by atoms with van der Waals surface area (Å²) in [6.07, 6.45) is -0.344. The lowest BCUT2D eigenvalue weighted by atomic mass is 9.74. The molecular formula is C14H16O6. The first-order valence-electron chi connectivity index (χ1n) is 6.57. The van der Waals surface area contributed by atoms with E-state index in [-0.39, 0.29) is 11.5 Å². The van der Waals surface area contributed by atoms with Crippen LogP contribution in [0.5, 0.6) is 0 Å². The molecule has 5 atom stereocenters. The number of esters is 3. The van der Waals surface area contributed by atoms with E-state index >= 15 is 0 Å². The minimum Gasteiger partial charge on any atom is -0.468 e. The third-order valence-corrected chi connectivity index (χ3v) is 4.72. The van der Waals surface area contributed by atoms with Crippen molar-refractivity contribution in [2.24, 2.45) is 17.3 Å². The third-order valence-electron chi connectivity index (χ3n) is 4.72. The van der Waals surface area contributed by atoms with Gasteiger partial charge >= 0.3 is 17.9 Å². The van der Waals surface area contributed by atoms with Gasteiger partial charge in [-0.25, -0.2) is 4.79 Å². The summed E-state index contributed by atoms with van der Waals surface area (Å²) in [4.78, 5) is 35.7. The third kappa shape index (κ3) is 1.42. The van der Waals surface area contributed by atoms with E-state index in [1.165, 1.54) is 7.11 Å². The zero-order valence-corrected chi connectivity index (χ0v) is 11.4. The molecule has 2 bridgehead atoms. The molecule has 0 aromatic carbocycles. The highest BCUT2D eigenvalue weighted by molar-refractivity contribution is 5.92. The quantitative estimate of drug-likeness (QED) is 0.428. The highest BCUT2D eigenvalue weighted by atomic mass is 16.6. The van der Waals surface area contributed by atoms with Crippen LogP contribution in [-0.4, -0.2) is 37.2 Å². The van der Waals surface area contributed by atoms with E-state index in [9.17, 15) is 14.4 Å². The van der Waals surface area contributed by atoms with Crippen molar-refractivity contribution in [3.8, 4) is 0 Å². The Morgan fingerprint density at radius 3 is 2.75 bits per heavy atom. The van der Waals surface area contributed by atoms with Crippen molar-refractivity contribution in [2.45, 2.75) is 32.0 Å². The van der Waals surface area contributed by atoms with Gasteiger partial charge in [-0.15, -0.1) is 0 Å². The van der Waals surface area contributed by atoms with Gasteiger partial charge in [-0.05, 0) is 19.8 Å². The molecule has 1 saturated heterocycles. The highest BCUT2D eigenvalue weighted by Gasteiger charge is 2.76. The average Bonchev–Trinajstić information content (AvgIpc) is 2.98. The summed E-state index contributed by atoms with van der Waals surface area (Å²) in [7, 11) is 1.29. The zero-order valence-electron chi connectivity index (χ0n) is 11.4. The van der Waals surface area contributed by atoms with Crippen molar-refractivity contribution < 1.29 is 28.6 Å². The highest BCUT2D eigenvalue weighted by Crippen LogP contribution is 2.64. The molecule has 3 fully saturated rings. The van der Waals surface area contributed by atoms with Crippen LogP contribution in [0, 0.1) is 17.3 Å². The van der Waals surface area contributed by atoms with Crippen LogP contribution in [0.15, 0.2) is 12.2 Å². The Labute approximate surface area is 116 Å². The number of carbonyl (C=O) groups is 3. The van der Waals surface area contributed by atoms with Gasteiger partial charge in [0, 0.05) is 11.5 Å². The standard InChI is InChI=1S/C14H16O6/c1-6(2)11(15)19-9-7-4-8-12(16)20-10(9)14(8,5-7)13(17)18-3/h7-10H,1,4-5H2,2-3H3. The summed E-state index contributed by atoms with van der Waals surface area (Å²) in [6, 6.07) is 0. The van der Waals surface area contributed by atoms with Crippen molar-refractivity contribution in [3.05, 3.63) is 12.2 Å². The second-order valence-electron chi connectivity index (χ2n) is 5.79. The second kappa shape index (κ2) is 4.07. The lowest BCUT2D eigenvalue weighted by Gasteiger charge is -2.31. The number of carbonyl (C=O) groups excluding carboxylic acids is 3. The first-order chi connectivity index (χ1) is 9.41. The van der Waals surface area contributed by atoms with Gasteiger partial charge < -0.3 is 14.2 Å². The first kappa shape index (κ1) is 13.1. The molecule has 108 valence electrons. The van der Waals surface area contributed by atoms with Crippen LogP contribution in [-0.2, 0) is 28.6 Å². The van der Waals surface area contributed by atoms with Gasteiger partial charge in [-0.1, -0.05) is 6.58 Å². The monoisotopic (exact) mass is 280 g/mol. The lowest BCUT2D eigenvalue weighted by Crippen LogP contribution is -2.47. The molecule has 5 unspecified atom stereocenters. The van der Waals surface area contributed by atoms with Crippen LogP contribution in [0.4, 0.5) is 0 Å². The van der Waals surface area contributed by atoms with Gasteiger partial charge in [0.15, 0.2) is 6.10 Å². The Balaban J connectivity index is 1.92. The molecule has 3 aliphatic rings. The summed E-state index contributed by atoms with van der Waals surface area (Å²) >= 11 is 0. The van der Waals surface area contributed by atoms with Gasteiger partial charge in [-0.2, -0.15) is 0 Å². The molecule has 2 saturated carbocycles. The molecule has 1 aliphatic heterocycles. The predicted molar refractivity (Wildman–Crippen MR) is 65.2 cm³/mol. The van der Waals surface area contributed by atoms with E-state index in [1.807, 2.05) is 0 Å². The average molecular weight is 280 g/mol. The van der Waals surface area contributed by atoms with E-state index in [0.717, 1.165) is 0 Å². The largest absolute Gasteiger partial charge is 0.468 e. The Kier molecular flexibility index (Phi) is 2.68. The lowest BCUT2D eigenvalue weighted by molar-refractivity contribution is -0.167. The van der Waals surface area contributed by atoms with Crippen molar-refractivity contribution in [2.75, 3.05) is 7.11 Å². The Bertz CT molecular complexity index is 524. The SMILES string of the molecule is C=C(C)C(=O)OC1C2CC3C(=O)OC1C3(C(=O)OC)C2. The van der Waals surface area contributed by atoms with Crippen molar-refractivity contribution in [1.82, 2.24) is 0 Å². The van der Waals surface area contributed by atoms with Crippen LogP contribution in [0.2, 0.25) is 0 Å². The Morgan fingerprint density at radius 1 is 1.45 bits per heavy atom. The fourth-order valence-electron chi connectivity index (χ4n) is 3.88. The molecule has 20 heavy (non-hydrogen) atoms. The number of fused-ring (bicyclic) bond motifs is 1. The van der Waals surface area contributed by atoms with E-state index in [0.29, 0.717) is 12.8 Å². The summed E-state index contributed by atoms with van der Waals surface area (Å²) in [5.41, 5.74) is -0.697. The topological polar surface area (TPSA) is 78.9 Å². The molecule has 0 aromatic rings. The van der Waals surface area contributed by atoms with Gasteiger partial charge in [0.05, 0.1) is 13.0 Å². The molecule has 6 nitrogen and oxygen atoms in total. The summed E-state index contributed by atoms with van der Waals surface area (Å²) in [5, 5.41) is 0. The molecule has 0 N–H and O–H groups in total. The van der Waals surface area contributed by atoms with E-state index in [4.69, 9.17) is 14.2 Å². The van der Waals surface area contributed by atoms with Crippen molar-refractivity contribution in [3.63, 3.8) is 0 Å². The van der Waals surface area contributed by atoms with E-state index in [1.54, 1.807) is 6.92 Å². The molecule has 3 rings (SSSR count). The minimum absolute atomic E-state index is 0.0427. The molecule has 0 amide bonds. The summed E-state index contributed by atoms with van der Waals surface area (Å²) in [5.74, 6) is -1.88. The van der Waals surface area contributed by atoms with Gasteiger partial charge in [0.1, 0.15) is 11.5 Å². The predicted octanol–water partition coefficient (Wildman–Crippen LogP) is 0.599. The number of hydrogen-bond donors (Lipinski definition) is 0. The minimum atomic E-state index is -0.976. The fourth-order valence-corrected chi connectivity index (χ4v) is 3.88. The van der Waals surface area contributed by atoms with Gasteiger partial charge in [0.2, 0.25) is 0 Å². The Morgan fingerprint density at radius 2 is 2.15 bits per heavy atom. The maximum atomic E-state index is 12.2. The van der Waals surface area contributed by atoms with E-state index in [2.05, 4.69) is 6.58 Å². The van der Waals surface area contributed by atoms with Crippen LogP contribution in [0.3, 0.4) is 0 Å². The smallest absolute Gasteiger partial charge is 0.333 e. The Hall–Kier alpha value is -1.85. The van der Waals surface area contributed by atoms with E-state index < -0.39 is 41.4 Å². The van der Waals surface area contributed by atoms with Crippen LogP contribution in [0.1, 0.15) is 19.8 Å². The fraction of sp³-hybridized carbons (Fsp3) is 0.643. The van der Waals surface area contributed by atoms with Crippen LogP contribution in [0.25, 0.3) is 0 Å². The second-order valence-corrected chi connectivity index (χ2v) is 5.79. The zero-order chi connectivity index (χ0) is 14.7. The maximum Gasteiger partial charge on any atom is 0.333 e. The molecule has 2 aliphatic carbocycles. The molecule has 0 spiro atoms. The van der Waals surface area contributed by atoms with Crippen molar-refractivity contribution in [1.29, 1.82) is 0 Å². The number of rotatable bonds is 3. The maximum absolute atomic E-state index is 12.2. The van der Waals surface area contributed by atoms with Gasteiger partial charge in [-0.3, -0.25) is 9.59 Å². The summed E-state index contributed by atoms with van der Waals surface area (Å²) in [6.45, 7) is 5.08. The van der Waals surface area contributed by atoms with Crippen molar-refractivity contribution >= 4 is 17.9 Å². The molecule has 6 heteroatoms. The number of methoxy groups -OCH3 is 1. The summed E-state index contributed by atoms with van der Waals surface area (Å²) < 4.78 is 15.5. The molecule has 1 heterocycles. The molecule has 0 aromatic heterocycles. The molecule has 0 radical (unpaired) electrons. The van der Waals surface area contributed by atoms with Crippen LogP contribution >= 0.6 is 0 Å². The number of ether oxygens (including phenoxy) is 3. The number of hydrogen-bond acceptors (Lipinski definition) is 6. The van der Waals surface area contributed by atoms with Crippen LogP contribution < -0.4 is 0 Å². The van der Waals surface area contributed by atoms with Gasteiger partial charge in [0.25, 0.3) is 0 Å². The molecular weight excluding hydrogens is 264 g/mol.